The van der Waals surface area contributed by atoms with Crippen LogP contribution in [0.15, 0.2) is 108 Å². The van der Waals surface area contributed by atoms with E-state index in [0.29, 0.717) is 18.1 Å². The zero-order valence-electron chi connectivity index (χ0n) is 21.4. The number of fused-ring (bicyclic) bond motifs is 2. The number of carbonyl (C=O) groups is 1. The van der Waals surface area contributed by atoms with Crippen molar-refractivity contribution in [3.05, 3.63) is 130 Å². The Morgan fingerprint density at radius 3 is 2.55 bits per heavy atom. The summed E-state index contributed by atoms with van der Waals surface area (Å²) >= 11 is 10.1. The summed E-state index contributed by atoms with van der Waals surface area (Å²) in [6.45, 7) is 1.07. The number of nitrogens with zero attached hydrogens (tertiary/aromatic N) is 2. The maximum absolute atomic E-state index is 12.4. The molecule has 3 aromatic heterocycles. The molecule has 6 aromatic rings. The van der Waals surface area contributed by atoms with Gasteiger partial charge in [-0.25, -0.2) is 4.98 Å². The van der Waals surface area contributed by atoms with E-state index in [4.69, 9.17) is 16.6 Å². The van der Waals surface area contributed by atoms with Gasteiger partial charge >= 0.3 is 0 Å². The van der Waals surface area contributed by atoms with Crippen LogP contribution in [-0.4, -0.2) is 20.3 Å². The number of para-hydroxylation sites is 1. The van der Waals surface area contributed by atoms with Gasteiger partial charge in [0, 0.05) is 59.1 Å². The van der Waals surface area contributed by atoms with Gasteiger partial charge in [0.15, 0.2) is 5.65 Å². The van der Waals surface area contributed by atoms with Crippen LogP contribution in [-0.2, 0) is 17.9 Å². The SMILES string of the molecule is O=C(C=Cc1c[nH]c2ccccc12)NCc1ccc(CNc2cc(-c3ccccc3Cl)nc3c(Br)ccn23)cc1. The number of carbonyl (C=O) groups excluding carboxylic acids is 1. The summed E-state index contributed by atoms with van der Waals surface area (Å²) in [6, 6.07) is 27.9. The summed E-state index contributed by atoms with van der Waals surface area (Å²) in [4.78, 5) is 20.4. The van der Waals surface area contributed by atoms with Crippen LogP contribution < -0.4 is 10.6 Å². The van der Waals surface area contributed by atoms with E-state index in [9.17, 15) is 4.79 Å². The summed E-state index contributed by atoms with van der Waals surface area (Å²) < 4.78 is 2.92. The first-order valence-electron chi connectivity index (χ1n) is 12.8. The van der Waals surface area contributed by atoms with Gasteiger partial charge in [0.25, 0.3) is 0 Å². The smallest absolute Gasteiger partial charge is 0.244 e. The topological polar surface area (TPSA) is 74.2 Å². The van der Waals surface area contributed by atoms with Crippen molar-refractivity contribution >= 4 is 61.9 Å². The highest BCUT2D eigenvalue weighted by Crippen LogP contribution is 2.31. The van der Waals surface area contributed by atoms with Crippen LogP contribution in [0.2, 0.25) is 5.02 Å². The lowest BCUT2D eigenvalue weighted by atomic mass is 10.1. The van der Waals surface area contributed by atoms with Gasteiger partial charge < -0.3 is 15.6 Å². The number of anilines is 1. The minimum absolute atomic E-state index is 0.134. The average Bonchev–Trinajstić information content (AvgIpc) is 3.57. The Balaban J connectivity index is 1.10. The Bertz CT molecular complexity index is 1860. The molecule has 3 N–H and O–H groups in total. The first kappa shape index (κ1) is 25.9. The standard InChI is InChI=1S/C32H25BrClN5O/c33-26-15-16-39-30(17-29(38-32(26)39)25-6-1-3-7-27(25)34)36-18-21-9-11-22(12-10-21)19-37-31(40)14-13-23-20-35-28-8-4-2-5-24(23)28/h1-17,20,35-36H,18-19H2,(H,37,40). The molecular weight excluding hydrogens is 586 g/mol. The van der Waals surface area contributed by atoms with Crippen LogP contribution in [0.25, 0.3) is 33.9 Å². The molecular formula is C32H25BrClN5O. The second-order valence-electron chi connectivity index (χ2n) is 9.37. The molecule has 0 atom stereocenters. The van der Waals surface area contributed by atoms with Gasteiger partial charge in [-0.3, -0.25) is 9.20 Å². The number of hydrogen-bond donors (Lipinski definition) is 3. The largest absolute Gasteiger partial charge is 0.367 e. The lowest BCUT2D eigenvalue weighted by Crippen LogP contribution is -2.20. The second-order valence-corrected chi connectivity index (χ2v) is 10.6. The first-order valence-corrected chi connectivity index (χ1v) is 14.0. The van der Waals surface area contributed by atoms with E-state index < -0.39 is 0 Å². The lowest BCUT2D eigenvalue weighted by molar-refractivity contribution is -0.116. The van der Waals surface area contributed by atoms with Crippen LogP contribution >= 0.6 is 27.5 Å². The Morgan fingerprint density at radius 1 is 0.975 bits per heavy atom. The van der Waals surface area contributed by atoms with E-state index in [1.165, 1.54) is 0 Å². The molecule has 6 rings (SSSR count). The van der Waals surface area contributed by atoms with E-state index in [0.717, 1.165) is 54.8 Å². The van der Waals surface area contributed by atoms with Gasteiger partial charge in [-0.15, -0.1) is 0 Å². The van der Waals surface area contributed by atoms with Crippen molar-refractivity contribution in [1.29, 1.82) is 0 Å². The Labute approximate surface area is 244 Å². The normalized spacial score (nSPS) is 11.4. The third-order valence-corrected chi connectivity index (χ3v) is 7.67. The molecule has 3 aromatic carbocycles. The number of halogens is 2. The monoisotopic (exact) mass is 609 g/mol. The highest BCUT2D eigenvalue weighted by atomic mass is 79.9. The van der Waals surface area contributed by atoms with Crippen molar-refractivity contribution in [2.45, 2.75) is 13.1 Å². The molecule has 0 saturated heterocycles. The van der Waals surface area contributed by atoms with Gasteiger partial charge in [-0.2, -0.15) is 0 Å². The molecule has 3 heterocycles. The molecule has 0 aliphatic carbocycles. The molecule has 0 aliphatic heterocycles. The van der Waals surface area contributed by atoms with Gasteiger partial charge in [0.1, 0.15) is 5.82 Å². The highest BCUT2D eigenvalue weighted by Gasteiger charge is 2.12. The van der Waals surface area contributed by atoms with Crippen molar-refractivity contribution in [3.63, 3.8) is 0 Å². The summed E-state index contributed by atoms with van der Waals surface area (Å²) in [6.07, 6.45) is 7.29. The number of aromatic nitrogens is 3. The molecule has 198 valence electrons. The van der Waals surface area contributed by atoms with Crippen LogP contribution in [0.4, 0.5) is 5.82 Å². The number of benzene rings is 3. The fourth-order valence-corrected chi connectivity index (χ4v) is 5.23. The maximum atomic E-state index is 12.4. The van der Waals surface area contributed by atoms with Gasteiger partial charge in [0.2, 0.25) is 5.91 Å². The van der Waals surface area contributed by atoms with Crippen molar-refractivity contribution < 1.29 is 4.79 Å². The van der Waals surface area contributed by atoms with E-state index >= 15 is 0 Å². The number of aromatic amines is 1. The van der Waals surface area contributed by atoms with Crippen molar-refractivity contribution in [2.24, 2.45) is 0 Å². The zero-order chi connectivity index (χ0) is 27.5. The molecule has 0 spiro atoms. The fourth-order valence-electron chi connectivity index (χ4n) is 4.60. The second kappa shape index (κ2) is 11.4. The molecule has 0 radical (unpaired) electrons. The van der Waals surface area contributed by atoms with Crippen molar-refractivity contribution in [1.82, 2.24) is 19.7 Å². The molecule has 40 heavy (non-hydrogen) atoms. The van der Waals surface area contributed by atoms with Crippen LogP contribution in [0.3, 0.4) is 0 Å². The molecule has 0 fully saturated rings. The van der Waals surface area contributed by atoms with Crippen molar-refractivity contribution in [3.8, 4) is 11.3 Å². The number of amides is 1. The zero-order valence-corrected chi connectivity index (χ0v) is 23.7. The van der Waals surface area contributed by atoms with E-state index in [1.807, 2.05) is 95.7 Å². The Morgan fingerprint density at radius 2 is 1.73 bits per heavy atom. The summed E-state index contributed by atoms with van der Waals surface area (Å²) in [7, 11) is 0. The summed E-state index contributed by atoms with van der Waals surface area (Å²) in [5, 5.41) is 8.24. The van der Waals surface area contributed by atoms with Crippen LogP contribution in [0.5, 0.6) is 0 Å². The Kier molecular flexibility index (Phi) is 7.40. The van der Waals surface area contributed by atoms with Crippen LogP contribution in [0, 0.1) is 0 Å². The number of hydrogen-bond acceptors (Lipinski definition) is 3. The van der Waals surface area contributed by atoms with E-state index in [1.54, 1.807) is 6.08 Å². The van der Waals surface area contributed by atoms with Crippen molar-refractivity contribution in [2.75, 3.05) is 5.32 Å². The fraction of sp³-hybridized carbons (Fsp3) is 0.0625. The third-order valence-electron chi connectivity index (χ3n) is 6.72. The van der Waals surface area contributed by atoms with Gasteiger partial charge in [-0.1, -0.05) is 72.3 Å². The maximum Gasteiger partial charge on any atom is 0.244 e. The van der Waals surface area contributed by atoms with E-state index in [2.05, 4.69) is 43.7 Å². The minimum Gasteiger partial charge on any atom is -0.367 e. The molecule has 6 nitrogen and oxygen atoms in total. The Hall–Kier alpha value is -4.33. The van der Waals surface area contributed by atoms with Gasteiger partial charge in [-0.05, 0) is 56.9 Å². The molecule has 8 heteroatoms. The number of H-pyrrole nitrogens is 1. The first-order chi connectivity index (χ1) is 19.5. The predicted octanol–water partition coefficient (Wildman–Crippen LogP) is 7.84. The number of rotatable bonds is 8. The summed E-state index contributed by atoms with van der Waals surface area (Å²) in [5.41, 5.74) is 6.66. The lowest BCUT2D eigenvalue weighted by Gasteiger charge is -2.13. The third kappa shape index (κ3) is 5.52. The average molecular weight is 611 g/mol. The molecule has 0 aliphatic rings. The molecule has 0 saturated carbocycles. The quantitative estimate of drug-likeness (QED) is 0.154. The predicted molar refractivity (Wildman–Crippen MR) is 166 cm³/mol. The van der Waals surface area contributed by atoms with Gasteiger partial charge in [0.05, 0.1) is 10.2 Å². The molecule has 1 amide bonds. The highest BCUT2D eigenvalue weighted by molar-refractivity contribution is 9.10. The molecule has 0 unspecified atom stereocenters. The van der Waals surface area contributed by atoms with E-state index in [-0.39, 0.29) is 5.91 Å². The van der Waals surface area contributed by atoms with Crippen LogP contribution in [0.1, 0.15) is 16.7 Å². The minimum atomic E-state index is -0.134. The summed E-state index contributed by atoms with van der Waals surface area (Å²) in [5.74, 6) is 0.772. The molecule has 0 bridgehead atoms. The number of nitrogens with one attached hydrogen (secondary N) is 3.